The predicted molar refractivity (Wildman–Crippen MR) is 51.1 cm³/mol. The van der Waals surface area contributed by atoms with E-state index in [-0.39, 0.29) is 11.3 Å². The molecule has 0 spiro atoms. The van der Waals surface area contributed by atoms with E-state index in [0.29, 0.717) is 9.86 Å². The summed E-state index contributed by atoms with van der Waals surface area (Å²) in [5.41, 5.74) is 0.0509. The van der Waals surface area contributed by atoms with Crippen molar-refractivity contribution in [3.8, 4) is 5.75 Å². The largest absolute Gasteiger partial charge is 0.494 e. The Morgan fingerprint density at radius 3 is 2.75 bits per heavy atom. The van der Waals surface area contributed by atoms with Crippen LogP contribution in [0.4, 0.5) is 4.39 Å². The summed E-state index contributed by atoms with van der Waals surface area (Å²) in [6.45, 7) is 0. The van der Waals surface area contributed by atoms with Gasteiger partial charge in [0.2, 0.25) is 0 Å². The molecule has 1 rings (SSSR count). The minimum absolute atomic E-state index is 0.0509. The van der Waals surface area contributed by atoms with Gasteiger partial charge in [0.05, 0.1) is 12.7 Å². The molecule has 12 heavy (non-hydrogen) atoms. The van der Waals surface area contributed by atoms with Crippen LogP contribution < -0.4 is 4.74 Å². The molecule has 0 aliphatic rings. The van der Waals surface area contributed by atoms with Crippen LogP contribution in [0.1, 0.15) is 10.4 Å². The summed E-state index contributed by atoms with van der Waals surface area (Å²) in [6.07, 6.45) is 0.486. The summed E-state index contributed by atoms with van der Waals surface area (Å²) in [7, 11) is 1.36. The van der Waals surface area contributed by atoms with Crippen LogP contribution in [0.15, 0.2) is 12.1 Å². The first-order valence-electron chi connectivity index (χ1n) is 3.18. The van der Waals surface area contributed by atoms with Crippen LogP contribution in [0.5, 0.6) is 5.75 Å². The van der Waals surface area contributed by atoms with Gasteiger partial charge in [0, 0.05) is 3.57 Å². The quantitative estimate of drug-likeness (QED) is 0.613. The molecule has 0 saturated carbocycles. The Kier molecular flexibility index (Phi) is 3.02. The van der Waals surface area contributed by atoms with Gasteiger partial charge in [0.25, 0.3) is 0 Å². The Hall–Kier alpha value is -0.650. The van der Waals surface area contributed by atoms with Gasteiger partial charge in [0.15, 0.2) is 17.9 Å². The van der Waals surface area contributed by atoms with Crippen molar-refractivity contribution in [2.45, 2.75) is 0 Å². The molecule has 2 nitrogen and oxygen atoms in total. The third kappa shape index (κ3) is 1.57. The predicted octanol–water partition coefficient (Wildman–Crippen LogP) is 2.25. The van der Waals surface area contributed by atoms with Crippen LogP contribution in [0.3, 0.4) is 0 Å². The van der Waals surface area contributed by atoms with E-state index in [1.165, 1.54) is 13.2 Å². The van der Waals surface area contributed by atoms with Gasteiger partial charge in [-0.05, 0) is 34.7 Å². The lowest BCUT2D eigenvalue weighted by Crippen LogP contribution is -1.96. The number of rotatable bonds is 2. The lowest BCUT2D eigenvalue weighted by Gasteiger charge is -2.03. The van der Waals surface area contributed by atoms with Gasteiger partial charge in [-0.3, -0.25) is 4.79 Å². The Bertz CT molecular complexity index is 312. The number of ether oxygens (including phenoxy) is 1. The van der Waals surface area contributed by atoms with Crippen LogP contribution in [0.25, 0.3) is 0 Å². The van der Waals surface area contributed by atoms with E-state index < -0.39 is 5.82 Å². The van der Waals surface area contributed by atoms with E-state index in [2.05, 4.69) is 0 Å². The van der Waals surface area contributed by atoms with Crippen molar-refractivity contribution in [2.75, 3.05) is 7.11 Å². The minimum atomic E-state index is -0.598. The SMILES string of the molecule is COc1ccc(I)c(C=O)c1F. The summed E-state index contributed by atoms with van der Waals surface area (Å²) in [4.78, 5) is 10.4. The second-order valence-corrected chi connectivity index (χ2v) is 3.26. The van der Waals surface area contributed by atoms with Crippen molar-refractivity contribution < 1.29 is 13.9 Å². The molecule has 0 aliphatic carbocycles. The van der Waals surface area contributed by atoms with E-state index in [9.17, 15) is 9.18 Å². The third-order valence-electron chi connectivity index (χ3n) is 1.43. The lowest BCUT2D eigenvalue weighted by molar-refractivity contribution is 0.111. The van der Waals surface area contributed by atoms with Gasteiger partial charge < -0.3 is 4.74 Å². The van der Waals surface area contributed by atoms with Crippen LogP contribution in [0.2, 0.25) is 0 Å². The van der Waals surface area contributed by atoms with Gasteiger partial charge in [-0.15, -0.1) is 0 Å². The second-order valence-electron chi connectivity index (χ2n) is 2.10. The molecule has 0 radical (unpaired) electrons. The molecule has 0 fully saturated rings. The van der Waals surface area contributed by atoms with Crippen molar-refractivity contribution in [1.82, 2.24) is 0 Å². The van der Waals surface area contributed by atoms with E-state index in [1.54, 1.807) is 6.07 Å². The molecule has 64 valence electrons. The van der Waals surface area contributed by atoms with Crippen LogP contribution >= 0.6 is 22.6 Å². The van der Waals surface area contributed by atoms with Crippen molar-refractivity contribution in [1.29, 1.82) is 0 Å². The maximum absolute atomic E-state index is 13.2. The number of aldehydes is 1. The molecule has 0 unspecified atom stereocenters. The molecule has 0 heterocycles. The molecule has 1 aromatic carbocycles. The molecule has 0 atom stereocenters. The standard InChI is InChI=1S/C8H6FIO2/c1-12-7-3-2-6(10)5(4-11)8(7)9/h2-4H,1H3. The first kappa shape index (κ1) is 9.44. The average molecular weight is 280 g/mol. The van der Waals surface area contributed by atoms with Crippen LogP contribution in [-0.2, 0) is 0 Å². The Morgan fingerprint density at radius 2 is 2.25 bits per heavy atom. The number of carbonyl (C=O) groups is 1. The third-order valence-corrected chi connectivity index (χ3v) is 2.37. The highest BCUT2D eigenvalue weighted by Crippen LogP contribution is 2.23. The number of benzene rings is 1. The highest BCUT2D eigenvalue weighted by atomic mass is 127. The van der Waals surface area contributed by atoms with Crippen molar-refractivity contribution in [2.24, 2.45) is 0 Å². The zero-order valence-electron chi connectivity index (χ0n) is 6.30. The molecule has 0 N–H and O–H groups in total. The summed E-state index contributed by atoms with van der Waals surface area (Å²) in [5.74, 6) is -0.503. The zero-order chi connectivity index (χ0) is 9.14. The first-order chi connectivity index (χ1) is 5.70. The topological polar surface area (TPSA) is 26.3 Å². The summed E-state index contributed by atoms with van der Waals surface area (Å²) >= 11 is 1.89. The fourth-order valence-corrected chi connectivity index (χ4v) is 1.36. The van der Waals surface area contributed by atoms with Gasteiger partial charge >= 0.3 is 0 Å². The maximum Gasteiger partial charge on any atom is 0.176 e. The van der Waals surface area contributed by atoms with Crippen molar-refractivity contribution in [3.05, 3.63) is 27.1 Å². The summed E-state index contributed by atoms with van der Waals surface area (Å²) < 4.78 is 18.5. The zero-order valence-corrected chi connectivity index (χ0v) is 8.46. The normalized spacial score (nSPS) is 9.58. The van der Waals surface area contributed by atoms with Gasteiger partial charge in [-0.1, -0.05) is 0 Å². The minimum Gasteiger partial charge on any atom is -0.494 e. The number of hydrogen-bond acceptors (Lipinski definition) is 2. The fraction of sp³-hybridized carbons (Fsp3) is 0.125. The Labute approximate surface area is 82.9 Å². The molecule has 0 amide bonds. The average Bonchev–Trinajstić information content (AvgIpc) is 2.06. The first-order valence-corrected chi connectivity index (χ1v) is 4.25. The van der Waals surface area contributed by atoms with E-state index in [4.69, 9.17) is 4.74 Å². The molecule has 1 aromatic rings. The van der Waals surface area contributed by atoms with Gasteiger partial charge in [0.1, 0.15) is 0 Å². The summed E-state index contributed by atoms with van der Waals surface area (Å²) in [5, 5.41) is 0. The molecule has 0 saturated heterocycles. The molecule has 0 aromatic heterocycles. The highest BCUT2D eigenvalue weighted by Gasteiger charge is 2.10. The number of halogens is 2. The fourth-order valence-electron chi connectivity index (χ4n) is 0.815. The number of hydrogen-bond donors (Lipinski definition) is 0. The van der Waals surface area contributed by atoms with Crippen molar-refractivity contribution in [3.63, 3.8) is 0 Å². The molecular weight excluding hydrogens is 274 g/mol. The highest BCUT2D eigenvalue weighted by molar-refractivity contribution is 14.1. The molecule has 0 bridgehead atoms. The van der Waals surface area contributed by atoms with E-state index in [1.807, 2.05) is 22.6 Å². The Morgan fingerprint density at radius 1 is 1.58 bits per heavy atom. The van der Waals surface area contributed by atoms with E-state index in [0.717, 1.165) is 0 Å². The Balaban J connectivity index is 3.33. The number of methoxy groups -OCH3 is 1. The maximum atomic E-state index is 13.2. The van der Waals surface area contributed by atoms with Gasteiger partial charge in [-0.25, -0.2) is 4.39 Å². The molecule has 4 heteroatoms. The number of carbonyl (C=O) groups excluding carboxylic acids is 1. The van der Waals surface area contributed by atoms with E-state index >= 15 is 0 Å². The van der Waals surface area contributed by atoms with Crippen LogP contribution in [0, 0.1) is 9.39 Å². The lowest BCUT2D eigenvalue weighted by atomic mass is 10.2. The summed E-state index contributed by atoms with van der Waals surface area (Å²) in [6, 6.07) is 3.12. The monoisotopic (exact) mass is 280 g/mol. The smallest absolute Gasteiger partial charge is 0.176 e. The molecular formula is C8H6FIO2. The van der Waals surface area contributed by atoms with Crippen molar-refractivity contribution >= 4 is 28.9 Å². The second kappa shape index (κ2) is 3.84. The molecule has 0 aliphatic heterocycles. The van der Waals surface area contributed by atoms with Crippen LogP contribution in [-0.4, -0.2) is 13.4 Å². The van der Waals surface area contributed by atoms with Gasteiger partial charge in [-0.2, -0.15) is 0 Å².